The summed E-state index contributed by atoms with van der Waals surface area (Å²) in [6.45, 7) is -1.31. The fourth-order valence-corrected chi connectivity index (χ4v) is 2.32. The lowest BCUT2D eigenvalue weighted by atomic mass is 10.3. The maximum Gasteiger partial charge on any atom is 0.376 e. The average Bonchev–Trinajstić information content (AvgIpc) is 2.54. The molecule has 1 aromatic rings. The highest BCUT2D eigenvalue weighted by molar-refractivity contribution is 7.20. The molecule has 0 radical (unpaired) electrons. The molecule has 1 rings (SSSR count). The molecule has 0 saturated carbocycles. The normalized spacial score (nSPS) is 11.3. The van der Waals surface area contributed by atoms with Gasteiger partial charge >= 0.3 is 11.9 Å². The number of carbonyl (C=O) groups is 2. The Bertz CT molecular complexity index is 464. The van der Waals surface area contributed by atoms with Crippen molar-refractivity contribution in [3.63, 3.8) is 0 Å². The zero-order valence-electron chi connectivity index (χ0n) is 7.97. The molecule has 9 heteroatoms. The summed E-state index contributed by atoms with van der Waals surface area (Å²) in [6.07, 6.45) is 0. The number of halogens is 4. The first-order valence-electron chi connectivity index (χ1n) is 4.08. The molecule has 0 spiro atoms. The number of nitrogens with one attached hydrogen (secondary N) is 1. The van der Waals surface area contributed by atoms with E-state index in [1.165, 1.54) is 6.07 Å². The van der Waals surface area contributed by atoms with E-state index in [-0.39, 0.29) is 14.2 Å². The molecule has 2 N–H and O–H groups in total. The topological polar surface area (TPSA) is 66.4 Å². The molecule has 0 bridgehead atoms. The highest BCUT2D eigenvalue weighted by Crippen LogP contribution is 2.31. The van der Waals surface area contributed by atoms with Gasteiger partial charge in [-0.2, -0.15) is 8.78 Å². The van der Waals surface area contributed by atoms with E-state index >= 15 is 0 Å². The van der Waals surface area contributed by atoms with Crippen molar-refractivity contribution in [2.45, 2.75) is 5.92 Å². The van der Waals surface area contributed by atoms with Crippen molar-refractivity contribution in [1.29, 1.82) is 0 Å². The van der Waals surface area contributed by atoms with Crippen LogP contribution in [-0.2, 0) is 4.79 Å². The predicted molar refractivity (Wildman–Crippen MR) is 59.3 cm³/mol. The zero-order valence-corrected chi connectivity index (χ0v) is 10.3. The Hall–Kier alpha value is -0.920. The van der Waals surface area contributed by atoms with Gasteiger partial charge < -0.3 is 10.4 Å². The van der Waals surface area contributed by atoms with Crippen molar-refractivity contribution >= 4 is 46.4 Å². The Morgan fingerprint density at radius 2 is 2.06 bits per heavy atom. The summed E-state index contributed by atoms with van der Waals surface area (Å²) in [5, 5.41) is 9.91. The summed E-state index contributed by atoms with van der Waals surface area (Å²) in [7, 11) is 0. The minimum Gasteiger partial charge on any atom is -0.477 e. The first kappa shape index (κ1) is 14.1. The fourth-order valence-electron chi connectivity index (χ4n) is 0.857. The molecular formula is C8H5Cl2F2NO3S. The third-order valence-electron chi connectivity index (χ3n) is 1.69. The van der Waals surface area contributed by atoms with Crippen LogP contribution in [0, 0.1) is 0 Å². The van der Waals surface area contributed by atoms with Gasteiger partial charge in [-0.15, -0.1) is 11.3 Å². The van der Waals surface area contributed by atoms with Crippen LogP contribution < -0.4 is 5.32 Å². The van der Waals surface area contributed by atoms with E-state index in [9.17, 15) is 18.4 Å². The largest absolute Gasteiger partial charge is 0.477 e. The van der Waals surface area contributed by atoms with Crippen LogP contribution in [0.5, 0.6) is 0 Å². The number of thiophene rings is 1. The number of carboxylic acid groups (broad SMARTS) is 1. The molecule has 0 fully saturated rings. The van der Waals surface area contributed by atoms with Gasteiger partial charge in [0.15, 0.2) is 0 Å². The molecule has 1 aromatic heterocycles. The summed E-state index contributed by atoms with van der Waals surface area (Å²) in [5.74, 6) is -7.24. The van der Waals surface area contributed by atoms with E-state index in [4.69, 9.17) is 28.3 Å². The Balaban J connectivity index is 2.68. The standard InChI is InChI=1S/C8H5Cl2F2NO3S/c9-4-1-3(5(10)17-4)6(14)13-2-8(11,12)7(15)16/h1H,2H2,(H,13,14)(H,15,16). The van der Waals surface area contributed by atoms with Crippen molar-refractivity contribution in [3.8, 4) is 0 Å². The second-order valence-electron chi connectivity index (χ2n) is 2.93. The highest BCUT2D eigenvalue weighted by Gasteiger charge is 2.39. The first-order valence-corrected chi connectivity index (χ1v) is 5.65. The van der Waals surface area contributed by atoms with Crippen LogP contribution in [-0.4, -0.2) is 29.5 Å². The van der Waals surface area contributed by atoms with E-state index in [0.29, 0.717) is 0 Å². The number of carbonyl (C=O) groups excluding carboxylic acids is 1. The third-order valence-corrected chi connectivity index (χ3v) is 3.17. The van der Waals surface area contributed by atoms with E-state index in [1.807, 2.05) is 0 Å². The van der Waals surface area contributed by atoms with Crippen molar-refractivity contribution in [2.24, 2.45) is 0 Å². The molecule has 0 unspecified atom stereocenters. The van der Waals surface area contributed by atoms with Crippen molar-refractivity contribution < 1.29 is 23.5 Å². The summed E-state index contributed by atoms with van der Waals surface area (Å²) >= 11 is 12.1. The fraction of sp³-hybridized carbons (Fsp3) is 0.250. The van der Waals surface area contributed by atoms with E-state index in [1.54, 1.807) is 5.32 Å². The van der Waals surface area contributed by atoms with Crippen LogP contribution in [0.15, 0.2) is 6.07 Å². The van der Waals surface area contributed by atoms with Crippen LogP contribution in [0.4, 0.5) is 8.78 Å². The Labute approximate surface area is 108 Å². The molecular weight excluding hydrogens is 299 g/mol. The lowest BCUT2D eigenvalue weighted by Gasteiger charge is -2.11. The van der Waals surface area contributed by atoms with Gasteiger partial charge in [-0.05, 0) is 6.07 Å². The number of alkyl halides is 2. The maximum absolute atomic E-state index is 12.7. The lowest BCUT2D eigenvalue weighted by molar-refractivity contribution is -0.163. The minimum atomic E-state index is -4.03. The number of rotatable bonds is 4. The SMILES string of the molecule is O=C(NCC(F)(F)C(=O)O)c1cc(Cl)sc1Cl. The van der Waals surface area contributed by atoms with Gasteiger partial charge in [0, 0.05) is 0 Å². The highest BCUT2D eigenvalue weighted by atomic mass is 35.5. The quantitative estimate of drug-likeness (QED) is 0.898. The number of hydrogen-bond acceptors (Lipinski definition) is 3. The lowest BCUT2D eigenvalue weighted by Crippen LogP contribution is -2.42. The second-order valence-corrected chi connectivity index (χ2v) is 5.22. The van der Waals surface area contributed by atoms with Gasteiger partial charge in [0.25, 0.3) is 5.91 Å². The molecule has 0 aromatic carbocycles. The van der Waals surface area contributed by atoms with Crippen LogP contribution >= 0.6 is 34.5 Å². The number of carboxylic acids is 1. The summed E-state index contributed by atoms with van der Waals surface area (Å²) in [5.41, 5.74) is -0.0668. The van der Waals surface area contributed by atoms with Crippen molar-refractivity contribution in [1.82, 2.24) is 5.32 Å². The van der Waals surface area contributed by atoms with Crippen LogP contribution in [0.1, 0.15) is 10.4 Å². The third kappa shape index (κ3) is 3.52. The molecule has 0 saturated heterocycles. The molecule has 0 aliphatic rings. The van der Waals surface area contributed by atoms with Crippen molar-refractivity contribution in [3.05, 3.63) is 20.3 Å². The second kappa shape index (κ2) is 5.16. The van der Waals surface area contributed by atoms with Crippen LogP contribution in [0.3, 0.4) is 0 Å². The molecule has 1 heterocycles. The molecule has 1 amide bonds. The summed E-state index contributed by atoms with van der Waals surface area (Å²) in [4.78, 5) is 21.5. The summed E-state index contributed by atoms with van der Waals surface area (Å²) < 4.78 is 25.6. The van der Waals surface area contributed by atoms with E-state index in [0.717, 1.165) is 11.3 Å². The molecule has 0 aliphatic carbocycles. The number of hydrogen-bond donors (Lipinski definition) is 2. The molecule has 0 atom stereocenters. The average molecular weight is 304 g/mol. The molecule has 4 nitrogen and oxygen atoms in total. The maximum atomic E-state index is 12.7. The van der Waals surface area contributed by atoms with Gasteiger partial charge in [-0.1, -0.05) is 23.2 Å². The van der Waals surface area contributed by atoms with Gasteiger partial charge in [0.05, 0.1) is 16.4 Å². The Kier molecular flexibility index (Phi) is 4.29. The molecule has 94 valence electrons. The molecule has 0 aliphatic heterocycles. The Morgan fingerprint density at radius 1 is 1.47 bits per heavy atom. The predicted octanol–water partition coefficient (Wildman–Crippen LogP) is 2.50. The van der Waals surface area contributed by atoms with Crippen LogP contribution in [0.2, 0.25) is 8.67 Å². The monoisotopic (exact) mass is 303 g/mol. The minimum absolute atomic E-state index is 0.0474. The summed E-state index contributed by atoms with van der Waals surface area (Å²) in [6, 6.07) is 1.21. The van der Waals surface area contributed by atoms with E-state index < -0.39 is 24.3 Å². The number of aliphatic carboxylic acids is 1. The van der Waals surface area contributed by atoms with Crippen molar-refractivity contribution in [2.75, 3.05) is 6.54 Å². The van der Waals surface area contributed by atoms with Gasteiger partial charge in [-0.25, -0.2) is 4.79 Å². The van der Waals surface area contributed by atoms with Gasteiger partial charge in [-0.3, -0.25) is 4.79 Å². The number of amides is 1. The van der Waals surface area contributed by atoms with Crippen LogP contribution in [0.25, 0.3) is 0 Å². The van der Waals surface area contributed by atoms with Gasteiger partial charge in [0.2, 0.25) is 0 Å². The zero-order chi connectivity index (χ0) is 13.2. The van der Waals surface area contributed by atoms with E-state index in [2.05, 4.69) is 0 Å². The first-order chi connectivity index (χ1) is 7.74. The Morgan fingerprint density at radius 3 is 2.47 bits per heavy atom. The smallest absolute Gasteiger partial charge is 0.376 e. The molecule has 17 heavy (non-hydrogen) atoms. The van der Waals surface area contributed by atoms with Gasteiger partial charge in [0.1, 0.15) is 4.34 Å².